The van der Waals surface area contributed by atoms with Crippen LogP contribution < -0.4 is 5.32 Å². The van der Waals surface area contributed by atoms with E-state index in [4.69, 9.17) is 9.26 Å². The van der Waals surface area contributed by atoms with Crippen molar-refractivity contribution >= 4 is 5.96 Å². The summed E-state index contributed by atoms with van der Waals surface area (Å²) in [4.78, 5) is 11.0. The molecule has 3 rings (SSSR count). The molecule has 0 radical (unpaired) electrons. The van der Waals surface area contributed by atoms with Gasteiger partial charge in [-0.25, -0.2) is 0 Å². The van der Waals surface area contributed by atoms with E-state index in [0.29, 0.717) is 31.4 Å². The fourth-order valence-electron chi connectivity index (χ4n) is 2.77. The minimum Gasteiger partial charge on any atom is -0.370 e. The third kappa shape index (κ3) is 4.21. The smallest absolute Gasteiger partial charge is 0.232 e. The molecule has 0 amide bonds. The van der Waals surface area contributed by atoms with Crippen LogP contribution in [0.1, 0.15) is 44.2 Å². The van der Waals surface area contributed by atoms with E-state index < -0.39 is 0 Å². The van der Waals surface area contributed by atoms with E-state index in [2.05, 4.69) is 30.4 Å². The molecule has 142 valence electrons. The van der Waals surface area contributed by atoms with Crippen molar-refractivity contribution in [1.29, 1.82) is 0 Å². The minimum atomic E-state index is -0.159. The molecule has 0 aliphatic carbocycles. The first kappa shape index (κ1) is 18.4. The Morgan fingerprint density at radius 3 is 2.85 bits per heavy atom. The van der Waals surface area contributed by atoms with Crippen molar-refractivity contribution in [2.24, 2.45) is 12.0 Å². The predicted octanol–water partition coefficient (Wildman–Crippen LogP) is 1.25. The molecule has 0 aromatic carbocycles. The minimum absolute atomic E-state index is 0.0198. The monoisotopic (exact) mass is 361 g/mol. The summed E-state index contributed by atoms with van der Waals surface area (Å²) in [5, 5.41) is 11.6. The van der Waals surface area contributed by atoms with E-state index in [1.165, 1.54) is 0 Å². The Labute approximate surface area is 153 Å². The third-order valence-electron chi connectivity index (χ3n) is 4.19. The maximum atomic E-state index is 5.89. The summed E-state index contributed by atoms with van der Waals surface area (Å²) >= 11 is 0. The second-order valence-electron chi connectivity index (χ2n) is 7.42. The van der Waals surface area contributed by atoms with Crippen molar-refractivity contribution in [2.75, 3.05) is 26.7 Å². The highest BCUT2D eigenvalue weighted by Gasteiger charge is 2.26. The normalized spacial score (nSPS) is 19.0. The highest BCUT2D eigenvalue weighted by Crippen LogP contribution is 2.22. The van der Waals surface area contributed by atoms with E-state index in [1.54, 1.807) is 11.7 Å². The number of guanidine groups is 1. The molecule has 1 aliphatic heterocycles. The summed E-state index contributed by atoms with van der Waals surface area (Å²) in [6, 6.07) is 0. The van der Waals surface area contributed by atoms with Gasteiger partial charge in [-0.1, -0.05) is 25.9 Å². The molecule has 1 atom stereocenters. The number of hydrogen-bond donors (Lipinski definition) is 1. The Morgan fingerprint density at radius 2 is 2.23 bits per heavy atom. The zero-order valence-corrected chi connectivity index (χ0v) is 16.1. The van der Waals surface area contributed by atoms with Crippen LogP contribution in [0.25, 0.3) is 0 Å². The molecule has 3 heterocycles. The Balaban J connectivity index is 1.61. The van der Waals surface area contributed by atoms with Crippen LogP contribution in [0.2, 0.25) is 0 Å². The predicted molar refractivity (Wildman–Crippen MR) is 96.7 cm³/mol. The zero-order chi connectivity index (χ0) is 18.7. The lowest BCUT2D eigenvalue weighted by molar-refractivity contribution is -0.00806. The number of aliphatic imine (C=N–C) groups is 1. The number of nitrogens with one attached hydrogen (secondary N) is 1. The van der Waals surface area contributed by atoms with Gasteiger partial charge in [0.2, 0.25) is 5.89 Å². The van der Waals surface area contributed by atoms with Crippen molar-refractivity contribution in [3.63, 3.8) is 0 Å². The van der Waals surface area contributed by atoms with Crippen molar-refractivity contribution in [3.05, 3.63) is 29.7 Å². The quantitative estimate of drug-likeness (QED) is 0.649. The molecule has 1 fully saturated rings. The Kier molecular flexibility index (Phi) is 5.26. The van der Waals surface area contributed by atoms with Gasteiger partial charge in [0.05, 0.1) is 25.9 Å². The van der Waals surface area contributed by atoms with Crippen LogP contribution in [0.4, 0.5) is 0 Å². The molecule has 2 aromatic rings. The van der Waals surface area contributed by atoms with Gasteiger partial charge in [0.15, 0.2) is 11.8 Å². The molecule has 0 bridgehead atoms. The highest BCUT2D eigenvalue weighted by molar-refractivity contribution is 5.79. The lowest BCUT2D eigenvalue weighted by Crippen LogP contribution is -2.48. The number of nitrogens with zero attached hydrogens (tertiary/aromatic N) is 6. The van der Waals surface area contributed by atoms with Gasteiger partial charge in [0.25, 0.3) is 0 Å². The lowest BCUT2D eigenvalue weighted by atomic mass is 9.97. The fourth-order valence-corrected chi connectivity index (χ4v) is 2.77. The third-order valence-corrected chi connectivity index (χ3v) is 4.19. The Bertz CT molecular complexity index is 759. The SMILES string of the molecule is CN=C(NCc1noc(C(C)(C)C)n1)N1CCOC(c2cnn(C)c2)C1. The van der Waals surface area contributed by atoms with Gasteiger partial charge in [-0.2, -0.15) is 10.1 Å². The van der Waals surface area contributed by atoms with Gasteiger partial charge in [-0.05, 0) is 0 Å². The molecule has 2 aromatic heterocycles. The molecule has 1 aliphatic rings. The van der Waals surface area contributed by atoms with Crippen molar-refractivity contribution in [2.45, 2.75) is 38.8 Å². The standard InChI is InChI=1S/C17H27N7O2/c1-17(2,3)15-21-14(22-26-15)9-19-16(18-4)24-6-7-25-13(11-24)12-8-20-23(5)10-12/h8,10,13H,6-7,9,11H2,1-5H3,(H,18,19). The number of aromatic nitrogens is 4. The van der Waals surface area contributed by atoms with Crippen LogP contribution >= 0.6 is 0 Å². The first-order valence-corrected chi connectivity index (χ1v) is 8.75. The van der Waals surface area contributed by atoms with Crippen LogP contribution in [0.5, 0.6) is 0 Å². The van der Waals surface area contributed by atoms with Crippen LogP contribution in [0, 0.1) is 0 Å². The largest absolute Gasteiger partial charge is 0.370 e. The topological polar surface area (TPSA) is 93.6 Å². The number of ether oxygens (including phenoxy) is 1. The summed E-state index contributed by atoms with van der Waals surface area (Å²) in [6.07, 6.45) is 3.81. The maximum absolute atomic E-state index is 5.89. The Morgan fingerprint density at radius 1 is 1.42 bits per heavy atom. The van der Waals surface area contributed by atoms with Crippen LogP contribution in [0.3, 0.4) is 0 Å². The average molecular weight is 361 g/mol. The first-order valence-electron chi connectivity index (χ1n) is 8.75. The van der Waals surface area contributed by atoms with Gasteiger partial charge >= 0.3 is 0 Å². The molecule has 1 N–H and O–H groups in total. The Hall–Kier alpha value is -2.42. The summed E-state index contributed by atoms with van der Waals surface area (Å²) in [5.74, 6) is 2.05. The average Bonchev–Trinajstić information content (AvgIpc) is 3.24. The van der Waals surface area contributed by atoms with Crippen LogP contribution in [0.15, 0.2) is 21.9 Å². The second kappa shape index (κ2) is 7.45. The van der Waals surface area contributed by atoms with Crippen molar-refractivity contribution in [3.8, 4) is 0 Å². The molecular formula is C17H27N7O2. The van der Waals surface area contributed by atoms with Gasteiger partial charge < -0.3 is 19.5 Å². The molecule has 0 saturated carbocycles. The van der Waals surface area contributed by atoms with Gasteiger partial charge in [0.1, 0.15) is 6.10 Å². The van der Waals surface area contributed by atoms with E-state index in [0.717, 1.165) is 18.1 Å². The fraction of sp³-hybridized carbons (Fsp3) is 0.647. The van der Waals surface area contributed by atoms with Crippen molar-refractivity contribution in [1.82, 2.24) is 30.1 Å². The molecular weight excluding hydrogens is 334 g/mol. The molecule has 26 heavy (non-hydrogen) atoms. The van der Waals surface area contributed by atoms with E-state index >= 15 is 0 Å². The first-order chi connectivity index (χ1) is 12.4. The second-order valence-corrected chi connectivity index (χ2v) is 7.42. The lowest BCUT2D eigenvalue weighted by Gasteiger charge is -2.34. The van der Waals surface area contributed by atoms with E-state index in [-0.39, 0.29) is 11.5 Å². The van der Waals surface area contributed by atoms with Gasteiger partial charge in [0, 0.05) is 37.8 Å². The molecule has 0 spiro atoms. The van der Waals surface area contributed by atoms with Gasteiger partial charge in [-0.15, -0.1) is 0 Å². The zero-order valence-electron chi connectivity index (χ0n) is 16.1. The van der Waals surface area contributed by atoms with E-state index in [1.807, 2.05) is 40.2 Å². The number of morpholine rings is 1. The number of aryl methyl sites for hydroxylation is 1. The molecule has 9 nitrogen and oxygen atoms in total. The van der Waals surface area contributed by atoms with Crippen molar-refractivity contribution < 1.29 is 9.26 Å². The highest BCUT2D eigenvalue weighted by atomic mass is 16.5. The maximum Gasteiger partial charge on any atom is 0.232 e. The summed E-state index contributed by atoms with van der Waals surface area (Å²) < 4.78 is 13.0. The number of rotatable bonds is 3. The molecule has 1 unspecified atom stereocenters. The van der Waals surface area contributed by atoms with Gasteiger partial charge in [-0.3, -0.25) is 9.67 Å². The molecule has 9 heteroatoms. The number of hydrogen-bond acceptors (Lipinski definition) is 6. The van der Waals surface area contributed by atoms with Crippen LogP contribution in [-0.4, -0.2) is 57.5 Å². The summed E-state index contributed by atoms with van der Waals surface area (Å²) in [5.41, 5.74) is 0.911. The summed E-state index contributed by atoms with van der Waals surface area (Å²) in [6.45, 7) is 8.72. The van der Waals surface area contributed by atoms with E-state index in [9.17, 15) is 0 Å². The summed E-state index contributed by atoms with van der Waals surface area (Å²) in [7, 11) is 3.68. The molecule has 1 saturated heterocycles. The van der Waals surface area contributed by atoms with Crippen LogP contribution in [-0.2, 0) is 23.7 Å².